The summed E-state index contributed by atoms with van der Waals surface area (Å²) < 4.78 is 6.80. The van der Waals surface area contributed by atoms with E-state index in [2.05, 4.69) is 10.4 Å². The van der Waals surface area contributed by atoms with Gasteiger partial charge in [-0.05, 0) is 39.2 Å². The fourth-order valence-electron chi connectivity index (χ4n) is 3.63. The molecule has 1 saturated carbocycles. The zero-order valence-corrected chi connectivity index (χ0v) is 16.8. The average Bonchev–Trinajstić information content (AvgIpc) is 3.16. The SMILES string of the molecule is CCOC(=O)[C@@H]1C[C@@H]1CN(CCN1CCNC1=O)C(=O)c1cc(C)nn1CC. The molecule has 1 aromatic heterocycles. The van der Waals surface area contributed by atoms with Crippen LogP contribution in [0.15, 0.2) is 6.07 Å². The van der Waals surface area contributed by atoms with Crippen LogP contribution in [0.3, 0.4) is 0 Å². The number of esters is 1. The monoisotopic (exact) mass is 391 g/mol. The Labute approximate surface area is 165 Å². The van der Waals surface area contributed by atoms with Gasteiger partial charge in [0.2, 0.25) is 0 Å². The van der Waals surface area contributed by atoms with Gasteiger partial charge in [0.05, 0.1) is 18.2 Å². The molecular formula is C19H29N5O4. The van der Waals surface area contributed by atoms with Crippen LogP contribution in [0.2, 0.25) is 0 Å². The molecule has 0 aromatic carbocycles. The van der Waals surface area contributed by atoms with Crippen LogP contribution in [0.1, 0.15) is 36.5 Å². The van der Waals surface area contributed by atoms with Gasteiger partial charge in [0, 0.05) is 39.3 Å². The summed E-state index contributed by atoms with van der Waals surface area (Å²) in [6, 6.07) is 1.69. The molecule has 154 valence electrons. The Kier molecular flexibility index (Phi) is 6.21. The zero-order chi connectivity index (χ0) is 20.3. The van der Waals surface area contributed by atoms with Crippen LogP contribution in [0.25, 0.3) is 0 Å². The van der Waals surface area contributed by atoms with Crippen LogP contribution in [-0.2, 0) is 16.1 Å². The predicted octanol–water partition coefficient (Wildman–Crippen LogP) is 0.878. The fourth-order valence-corrected chi connectivity index (χ4v) is 3.63. The van der Waals surface area contributed by atoms with E-state index in [1.807, 2.05) is 13.8 Å². The second kappa shape index (κ2) is 8.62. The summed E-state index contributed by atoms with van der Waals surface area (Å²) in [7, 11) is 0. The maximum Gasteiger partial charge on any atom is 0.317 e. The number of nitrogens with zero attached hydrogens (tertiary/aromatic N) is 4. The van der Waals surface area contributed by atoms with Gasteiger partial charge in [0.15, 0.2) is 0 Å². The minimum absolute atomic E-state index is 0.0994. The third-order valence-electron chi connectivity index (χ3n) is 5.26. The minimum Gasteiger partial charge on any atom is -0.466 e. The van der Waals surface area contributed by atoms with E-state index in [1.54, 1.807) is 27.5 Å². The van der Waals surface area contributed by atoms with Gasteiger partial charge < -0.3 is 19.9 Å². The van der Waals surface area contributed by atoms with Gasteiger partial charge in [0.25, 0.3) is 5.91 Å². The zero-order valence-electron chi connectivity index (χ0n) is 16.8. The summed E-state index contributed by atoms with van der Waals surface area (Å²) >= 11 is 0. The van der Waals surface area contributed by atoms with E-state index >= 15 is 0 Å². The smallest absolute Gasteiger partial charge is 0.317 e. The van der Waals surface area contributed by atoms with E-state index in [1.165, 1.54) is 0 Å². The number of aryl methyl sites for hydroxylation is 2. The highest BCUT2D eigenvalue weighted by Crippen LogP contribution is 2.40. The number of hydrogen-bond acceptors (Lipinski definition) is 5. The van der Waals surface area contributed by atoms with Crippen molar-refractivity contribution >= 4 is 17.9 Å². The van der Waals surface area contributed by atoms with Crippen molar-refractivity contribution < 1.29 is 19.1 Å². The Bertz CT molecular complexity index is 747. The highest BCUT2D eigenvalue weighted by molar-refractivity contribution is 5.93. The highest BCUT2D eigenvalue weighted by atomic mass is 16.5. The van der Waals surface area contributed by atoms with Crippen molar-refractivity contribution in [2.75, 3.05) is 39.3 Å². The average molecular weight is 391 g/mol. The van der Waals surface area contributed by atoms with Crippen molar-refractivity contribution in [3.63, 3.8) is 0 Å². The molecule has 2 fully saturated rings. The van der Waals surface area contributed by atoms with E-state index in [9.17, 15) is 14.4 Å². The molecule has 2 heterocycles. The largest absolute Gasteiger partial charge is 0.466 e. The van der Waals surface area contributed by atoms with Gasteiger partial charge in [-0.15, -0.1) is 0 Å². The van der Waals surface area contributed by atoms with E-state index < -0.39 is 0 Å². The molecule has 28 heavy (non-hydrogen) atoms. The lowest BCUT2D eigenvalue weighted by atomic mass is 10.2. The van der Waals surface area contributed by atoms with Gasteiger partial charge in [-0.25, -0.2) is 4.79 Å². The number of rotatable bonds is 9. The van der Waals surface area contributed by atoms with Crippen molar-refractivity contribution in [3.8, 4) is 0 Å². The van der Waals surface area contributed by atoms with Gasteiger partial charge in [0.1, 0.15) is 5.69 Å². The topological polar surface area (TPSA) is 96.8 Å². The quantitative estimate of drug-likeness (QED) is 0.630. The molecule has 1 aliphatic carbocycles. The number of aromatic nitrogens is 2. The van der Waals surface area contributed by atoms with E-state index in [0.717, 1.165) is 12.1 Å². The van der Waals surface area contributed by atoms with E-state index in [-0.39, 0.29) is 29.7 Å². The van der Waals surface area contributed by atoms with Crippen LogP contribution < -0.4 is 5.32 Å². The Morgan fingerprint density at radius 3 is 2.82 bits per heavy atom. The minimum atomic E-state index is -0.187. The maximum absolute atomic E-state index is 13.2. The van der Waals surface area contributed by atoms with Gasteiger partial charge in [-0.3, -0.25) is 14.3 Å². The van der Waals surface area contributed by atoms with Crippen LogP contribution in [-0.4, -0.2) is 76.8 Å². The van der Waals surface area contributed by atoms with Crippen molar-refractivity contribution in [1.29, 1.82) is 0 Å². The first-order valence-electron chi connectivity index (χ1n) is 9.97. The predicted molar refractivity (Wildman–Crippen MR) is 102 cm³/mol. The van der Waals surface area contributed by atoms with E-state index in [4.69, 9.17) is 4.74 Å². The summed E-state index contributed by atoms with van der Waals surface area (Å²) in [6.45, 7) is 9.20. The van der Waals surface area contributed by atoms with Crippen LogP contribution >= 0.6 is 0 Å². The lowest BCUT2D eigenvalue weighted by Crippen LogP contribution is -2.41. The molecule has 0 radical (unpaired) electrons. The van der Waals surface area contributed by atoms with Crippen LogP contribution in [0.4, 0.5) is 4.79 Å². The van der Waals surface area contributed by atoms with Gasteiger partial charge >= 0.3 is 12.0 Å². The Morgan fingerprint density at radius 2 is 2.18 bits per heavy atom. The van der Waals surface area contributed by atoms with Crippen molar-refractivity contribution in [3.05, 3.63) is 17.5 Å². The molecule has 0 bridgehead atoms. The van der Waals surface area contributed by atoms with Crippen molar-refractivity contribution in [1.82, 2.24) is 24.9 Å². The van der Waals surface area contributed by atoms with Crippen molar-refractivity contribution in [2.45, 2.75) is 33.7 Å². The van der Waals surface area contributed by atoms with E-state index in [0.29, 0.717) is 51.6 Å². The summed E-state index contributed by atoms with van der Waals surface area (Å²) in [6.07, 6.45) is 0.735. The molecule has 0 spiro atoms. The fraction of sp³-hybridized carbons (Fsp3) is 0.684. The first-order valence-corrected chi connectivity index (χ1v) is 9.97. The molecule has 1 aliphatic heterocycles. The highest BCUT2D eigenvalue weighted by Gasteiger charge is 2.45. The normalized spacial score (nSPS) is 20.8. The Morgan fingerprint density at radius 1 is 1.39 bits per heavy atom. The maximum atomic E-state index is 13.2. The third-order valence-corrected chi connectivity index (χ3v) is 5.26. The summed E-state index contributed by atoms with van der Waals surface area (Å²) in [4.78, 5) is 40.4. The first-order chi connectivity index (χ1) is 13.4. The number of ether oxygens (including phenoxy) is 1. The molecule has 0 unspecified atom stereocenters. The van der Waals surface area contributed by atoms with Crippen LogP contribution in [0.5, 0.6) is 0 Å². The van der Waals surface area contributed by atoms with Crippen molar-refractivity contribution in [2.24, 2.45) is 11.8 Å². The molecule has 2 atom stereocenters. The molecule has 9 nitrogen and oxygen atoms in total. The van der Waals surface area contributed by atoms with Crippen LogP contribution in [0, 0.1) is 18.8 Å². The molecule has 1 saturated heterocycles. The second-order valence-electron chi connectivity index (χ2n) is 7.31. The molecule has 3 rings (SSSR count). The number of nitrogens with one attached hydrogen (secondary N) is 1. The molecule has 2 aliphatic rings. The molecule has 9 heteroatoms. The molecular weight excluding hydrogens is 362 g/mol. The Balaban J connectivity index is 1.69. The van der Waals surface area contributed by atoms with Gasteiger partial charge in [-0.1, -0.05) is 0 Å². The Hall–Kier alpha value is -2.58. The third kappa shape index (κ3) is 4.45. The number of hydrogen-bond donors (Lipinski definition) is 1. The number of urea groups is 1. The first kappa shape index (κ1) is 20.2. The number of carbonyl (C=O) groups is 3. The summed E-state index contributed by atoms with van der Waals surface area (Å²) in [5.41, 5.74) is 1.33. The second-order valence-corrected chi connectivity index (χ2v) is 7.31. The molecule has 1 N–H and O–H groups in total. The lowest BCUT2D eigenvalue weighted by Gasteiger charge is -2.25. The summed E-state index contributed by atoms with van der Waals surface area (Å²) in [5, 5.41) is 7.14. The standard InChI is InChI=1S/C19H29N5O4/c1-4-24-16(10-13(3)21-24)17(25)23(9-8-22-7-6-20-19(22)27)12-14-11-15(14)18(26)28-5-2/h10,14-15H,4-9,11-12H2,1-3H3,(H,20,27)/t14-,15-/m1/s1. The molecule has 3 amide bonds. The lowest BCUT2D eigenvalue weighted by molar-refractivity contribution is -0.145. The van der Waals surface area contributed by atoms with Gasteiger partial charge in [-0.2, -0.15) is 5.10 Å². The number of carbonyl (C=O) groups excluding carboxylic acids is 3. The summed E-state index contributed by atoms with van der Waals surface area (Å²) in [5.74, 6) is -0.331. The number of amides is 3. The molecule has 1 aromatic rings.